The number of nitrogens with one attached hydrogen (secondary N) is 2. The van der Waals surface area contributed by atoms with E-state index in [2.05, 4.69) is 14.9 Å². The Morgan fingerprint density at radius 1 is 1.10 bits per heavy atom. The molecule has 2 aromatic rings. The molecule has 0 aliphatic carbocycles. The summed E-state index contributed by atoms with van der Waals surface area (Å²) in [6.07, 6.45) is 0. The van der Waals surface area contributed by atoms with Gasteiger partial charge in [-0.05, 0) is 25.2 Å². The van der Waals surface area contributed by atoms with Gasteiger partial charge >= 0.3 is 5.69 Å². The summed E-state index contributed by atoms with van der Waals surface area (Å²) in [5.74, 6) is -0.0777. The minimum absolute atomic E-state index is 0.0777. The van der Waals surface area contributed by atoms with Crippen molar-refractivity contribution in [1.82, 2.24) is 19.8 Å². The van der Waals surface area contributed by atoms with E-state index in [1.54, 1.807) is 23.1 Å². The Morgan fingerprint density at radius 3 is 2.52 bits per heavy atom. The van der Waals surface area contributed by atoms with Crippen LogP contribution in [0.25, 0.3) is 10.9 Å². The highest BCUT2D eigenvalue weighted by atomic mass is 16.2. The van der Waals surface area contributed by atoms with E-state index in [0.29, 0.717) is 29.6 Å². The van der Waals surface area contributed by atoms with Gasteiger partial charge < -0.3 is 14.8 Å². The van der Waals surface area contributed by atoms with E-state index in [9.17, 15) is 14.4 Å². The smallest absolute Gasteiger partial charge is 0.326 e. The molecule has 0 bridgehead atoms. The molecule has 1 fully saturated rings. The number of hydrogen-bond acceptors (Lipinski definition) is 4. The fourth-order valence-electron chi connectivity index (χ4n) is 2.49. The van der Waals surface area contributed by atoms with E-state index in [4.69, 9.17) is 0 Å². The van der Waals surface area contributed by atoms with Crippen LogP contribution in [0.2, 0.25) is 0 Å². The average molecular weight is 288 g/mol. The maximum absolute atomic E-state index is 12.4. The first-order chi connectivity index (χ1) is 10.0. The Hall–Kier alpha value is -2.41. The van der Waals surface area contributed by atoms with Crippen molar-refractivity contribution >= 4 is 16.8 Å². The van der Waals surface area contributed by atoms with E-state index in [0.717, 1.165) is 13.1 Å². The fourth-order valence-corrected chi connectivity index (χ4v) is 2.49. The molecule has 0 atom stereocenters. The van der Waals surface area contributed by atoms with Crippen molar-refractivity contribution < 1.29 is 4.79 Å². The van der Waals surface area contributed by atoms with Crippen molar-refractivity contribution in [1.29, 1.82) is 0 Å². The van der Waals surface area contributed by atoms with Crippen molar-refractivity contribution in [2.24, 2.45) is 0 Å². The van der Waals surface area contributed by atoms with E-state index in [-0.39, 0.29) is 5.91 Å². The van der Waals surface area contributed by atoms with Crippen LogP contribution in [-0.2, 0) is 0 Å². The number of H-pyrrole nitrogens is 2. The molecule has 1 saturated heterocycles. The lowest BCUT2D eigenvalue weighted by Gasteiger charge is -2.32. The predicted octanol–water partition coefficient (Wildman–Crippen LogP) is -0.396. The molecule has 7 nitrogen and oxygen atoms in total. The van der Waals surface area contributed by atoms with Crippen LogP contribution in [0.4, 0.5) is 0 Å². The summed E-state index contributed by atoms with van der Waals surface area (Å²) >= 11 is 0. The Balaban J connectivity index is 1.95. The van der Waals surface area contributed by atoms with E-state index < -0.39 is 11.2 Å². The van der Waals surface area contributed by atoms with Crippen LogP contribution in [0, 0.1) is 0 Å². The number of rotatable bonds is 1. The normalized spacial score (nSPS) is 16.3. The van der Waals surface area contributed by atoms with Gasteiger partial charge in [-0.25, -0.2) is 4.79 Å². The number of amides is 1. The second kappa shape index (κ2) is 5.17. The average Bonchev–Trinajstić information content (AvgIpc) is 2.46. The first-order valence-electron chi connectivity index (χ1n) is 6.79. The molecule has 110 valence electrons. The summed E-state index contributed by atoms with van der Waals surface area (Å²) < 4.78 is 0. The number of aromatic nitrogens is 2. The minimum atomic E-state index is -0.573. The SMILES string of the molecule is CN1CCN(C(=O)c2ccc3c(=O)[nH]c(=O)[nH]c3c2)CC1. The van der Waals surface area contributed by atoms with Crippen LogP contribution in [-0.4, -0.2) is 58.9 Å². The molecule has 3 rings (SSSR count). The lowest BCUT2D eigenvalue weighted by molar-refractivity contribution is 0.0664. The molecule has 2 N–H and O–H groups in total. The van der Waals surface area contributed by atoms with Gasteiger partial charge in [-0.3, -0.25) is 14.6 Å². The number of hydrogen-bond donors (Lipinski definition) is 2. The molecule has 1 amide bonds. The molecule has 2 heterocycles. The Kier molecular flexibility index (Phi) is 3.34. The third-order valence-corrected chi connectivity index (χ3v) is 3.78. The first-order valence-corrected chi connectivity index (χ1v) is 6.79. The van der Waals surface area contributed by atoms with Gasteiger partial charge in [-0.1, -0.05) is 0 Å². The maximum atomic E-state index is 12.4. The first kappa shape index (κ1) is 13.6. The van der Waals surface area contributed by atoms with Crippen LogP contribution in [0.15, 0.2) is 27.8 Å². The van der Waals surface area contributed by atoms with Crippen LogP contribution in [0.1, 0.15) is 10.4 Å². The number of nitrogens with zero attached hydrogens (tertiary/aromatic N) is 2. The fraction of sp³-hybridized carbons (Fsp3) is 0.357. The largest absolute Gasteiger partial charge is 0.336 e. The second-order valence-corrected chi connectivity index (χ2v) is 5.26. The third-order valence-electron chi connectivity index (χ3n) is 3.78. The highest BCUT2D eigenvalue weighted by Gasteiger charge is 2.20. The molecule has 21 heavy (non-hydrogen) atoms. The third kappa shape index (κ3) is 2.59. The molecule has 7 heteroatoms. The van der Waals surface area contributed by atoms with Crippen molar-refractivity contribution in [3.05, 3.63) is 44.6 Å². The van der Waals surface area contributed by atoms with Crippen molar-refractivity contribution in [2.75, 3.05) is 33.2 Å². The standard InChI is InChI=1S/C14H16N4O3/c1-17-4-6-18(7-5-17)13(20)9-2-3-10-11(8-9)15-14(21)16-12(10)19/h2-3,8H,4-7H2,1H3,(H2,15,16,19,21). The van der Waals surface area contributed by atoms with Gasteiger partial charge in [0.25, 0.3) is 11.5 Å². The van der Waals surface area contributed by atoms with E-state index in [1.165, 1.54) is 0 Å². The zero-order valence-corrected chi connectivity index (χ0v) is 11.7. The van der Waals surface area contributed by atoms with Gasteiger partial charge in [0, 0.05) is 31.7 Å². The summed E-state index contributed by atoms with van der Waals surface area (Å²) in [6.45, 7) is 3.05. The molecular formula is C14H16N4O3. The van der Waals surface area contributed by atoms with Crippen LogP contribution in [0.5, 0.6) is 0 Å². The monoisotopic (exact) mass is 288 g/mol. The summed E-state index contributed by atoms with van der Waals surface area (Å²) in [5.41, 5.74) is -0.166. The molecule has 0 saturated carbocycles. The molecule has 0 radical (unpaired) electrons. The quantitative estimate of drug-likeness (QED) is 0.747. The summed E-state index contributed by atoms with van der Waals surface area (Å²) in [4.78, 5) is 44.1. The summed E-state index contributed by atoms with van der Waals surface area (Å²) in [7, 11) is 2.02. The number of aromatic amines is 2. The molecule has 0 spiro atoms. The predicted molar refractivity (Wildman–Crippen MR) is 78.6 cm³/mol. The van der Waals surface area contributed by atoms with Crippen LogP contribution in [0.3, 0.4) is 0 Å². The summed E-state index contributed by atoms with van der Waals surface area (Å²) in [6, 6.07) is 4.75. The van der Waals surface area contributed by atoms with Gasteiger partial charge in [0.15, 0.2) is 0 Å². The Bertz CT molecular complexity index is 800. The molecule has 0 unspecified atom stereocenters. The maximum Gasteiger partial charge on any atom is 0.326 e. The Labute approximate surface area is 120 Å². The van der Waals surface area contributed by atoms with Crippen molar-refractivity contribution in [3.63, 3.8) is 0 Å². The minimum Gasteiger partial charge on any atom is -0.336 e. The van der Waals surface area contributed by atoms with E-state index in [1.807, 2.05) is 7.05 Å². The van der Waals surface area contributed by atoms with Gasteiger partial charge in [0.1, 0.15) is 0 Å². The zero-order valence-electron chi connectivity index (χ0n) is 11.7. The number of fused-ring (bicyclic) bond motifs is 1. The molecule has 1 aliphatic rings. The Morgan fingerprint density at radius 2 is 1.81 bits per heavy atom. The number of carbonyl (C=O) groups is 1. The topological polar surface area (TPSA) is 89.3 Å². The lowest BCUT2D eigenvalue weighted by atomic mass is 10.1. The van der Waals surface area contributed by atoms with Gasteiger partial charge in [-0.15, -0.1) is 0 Å². The molecule has 1 aromatic carbocycles. The second-order valence-electron chi connectivity index (χ2n) is 5.26. The molecular weight excluding hydrogens is 272 g/mol. The highest BCUT2D eigenvalue weighted by Crippen LogP contribution is 2.12. The lowest BCUT2D eigenvalue weighted by Crippen LogP contribution is -2.47. The molecule has 1 aromatic heterocycles. The van der Waals surface area contributed by atoms with Gasteiger partial charge in [0.05, 0.1) is 10.9 Å². The molecule has 1 aliphatic heterocycles. The van der Waals surface area contributed by atoms with Gasteiger partial charge in [-0.2, -0.15) is 0 Å². The van der Waals surface area contributed by atoms with Crippen molar-refractivity contribution in [3.8, 4) is 0 Å². The van der Waals surface area contributed by atoms with Gasteiger partial charge in [0.2, 0.25) is 0 Å². The van der Waals surface area contributed by atoms with Crippen molar-refractivity contribution in [2.45, 2.75) is 0 Å². The number of benzene rings is 1. The number of carbonyl (C=O) groups excluding carboxylic acids is 1. The van der Waals surface area contributed by atoms with Crippen LogP contribution >= 0.6 is 0 Å². The van der Waals surface area contributed by atoms with E-state index >= 15 is 0 Å². The number of likely N-dealkylation sites (N-methyl/N-ethyl adjacent to an activating group) is 1. The highest BCUT2D eigenvalue weighted by molar-refractivity contribution is 5.97. The number of piperazine rings is 1. The summed E-state index contributed by atoms with van der Waals surface area (Å²) in [5, 5.41) is 0.365. The van der Waals surface area contributed by atoms with Crippen LogP contribution < -0.4 is 11.2 Å². The zero-order chi connectivity index (χ0) is 15.0.